The Bertz CT molecular complexity index is 350. The second-order valence-electron chi connectivity index (χ2n) is 4.82. The maximum Gasteiger partial charge on any atom is 0.0625 e. The smallest absolute Gasteiger partial charge is 0.0625 e. The van der Waals surface area contributed by atoms with Crippen LogP contribution in [0.5, 0.6) is 0 Å². The van der Waals surface area contributed by atoms with E-state index < -0.39 is 0 Å². The molecule has 1 aromatic rings. The molecule has 0 saturated carbocycles. The van der Waals surface area contributed by atoms with Crippen molar-refractivity contribution in [3.05, 3.63) is 41.5 Å². The van der Waals surface area contributed by atoms with Crippen LogP contribution < -0.4 is 0 Å². The summed E-state index contributed by atoms with van der Waals surface area (Å²) in [5, 5.41) is 0. The summed E-state index contributed by atoms with van der Waals surface area (Å²) in [7, 11) is 1.77. The molecule has 0 radical (unpaired) electrons. The Balaban J connectivity index is 2.44. The van der Waals surface area contributed by atoms with Gasteiger partial charge in [0.1, 0.15) is 0 Å². The van der Waals surface area contributed by atoms with Gasteiger partial charge in [0.15, 0.2) is 0 Å². The molecule has 16 heavy (non-hydrogen) atoms. The van der Waals surface area contributed by atoms with Gasteiger partial charge in [-0.1, -0.05) is 42.0 Å². The third kappa shape index (κ3) is 4.63. The summed E-state index contributed by atoms with van der Waals surface area (Å²) in [5.74, 6) is 0. The van der Waals surface area contributed by atoms with E-state index in [1.807, 2.05) is 0 Å². The predicted molar refractivity (Wildman–Crippen MR) is 70.5 cm³/mol. The van der Waals surface area contributed by atoms with E-state index >= 15 is 0 Å². The maximum atomic E-state index is 5.38. The molecule has 0 N–H and O–H groups in total. The number of ether oxygens (including phenoxy) is 1. The van der Waals surface area contributed by atoms with Crippen LogP contribution in [0.3, 0.4) is 0 Å². The van der Waals surface area contributed by atoms with E-state index in [-0.39, 0.29) is 5.60 Å². The van der Waals surface area contributed by atoms with E-state index in [2.05, 4.69) is 57.2 Å². The molecule has 0 aliphatic rings. The second-order valence-corrected chi connectivity index (χ2v) is 4.82. The van der Waals surface area contributed by atoms with Crippen LogP contribution in [0.2, 0.25) is 0 Å². The topological polar surface area (TPSA) is 9.23 Å². The van der Waals surface area contributed by atoms with Gasteiger partial charge in [-0.05, 0) is 39.2 Å². The zero-order chi connectivity index (χ0) is 12.0. The molecular formula is C15H22O. The lowest BCUT2D eigenvalue weighted by molar-refractivity contribution is 0.0164. The number of benzene rings is 1. The van der Waals surface area contributed by atoms with E-state index in [0.29, 0.717) is 0 Å². The lowest BCUT2D eigenvalue weighted by Gasteiger charge is -2.21. The molecule has 0 fully saturated rings. The van der Waals surface area contributed by atoms with Crippen molar-refractivity contribution in [2.45, 2.75) is 39.2 Å². The van der Waals surface area contributed by atoms with Crippen LogP contribution in [0, 0.1) is 6.92 Å². The number of methoxy groups -OCH3 is 1. The third-order valence-electron chi connectivity index (χ3n) is 2.82. The molecule has 1 nitrogen and oxygen atoms in total. The number of aryl methyl sites for hydroxylation is 1. The molecule has 1 rings (SSSR count). The van der Waals surface area contributed by atoms with Gasteiger partial charge < -0.3 is 4.74 Å². The standard InChI is InChI=1S/C15H22O/c1-13-8-7-10-14(12-13)9-5-6-11-15(2,3)16-4/h5,7-10,12H,6,11H2,1-4H3/b9-5+. The van der Waals surface area contributed by atoms with Gasteiger partial charge in [-0.2, -0.15) is 0 Å². The molecule has 0 aliphatic heterocycles. The summed E-state index contributed by atoms with van der Waals surface area (Å²) in [4.78, 5) is 0. The first kappa shape index (κ1) is 13.0. The van der Waals surface area contributed by atoms with Gasteiger partial charge in [-0.25, -0.2) is 0 Å². The quantitative estimate of drug-likeness (QED) is 0.719. The molecule has 0 atom stereocenters. The average molecular weight is 218 g/mol. The SMILES string of the molecule is COC(C)(C)CC/C=C/c1cccc(C)c1. The Morgan fingerprint density at radius 3 is 2.69 bits per heavy atom. The average Bonchev–Trinajstić information content (AvgIpc) is 2.25. The van der Waals surface area contributed by atoms with Gasteiger partial charge in [0, 0.05) is 7.11 Å². The second kappa shape index (κ2) is 5.86. The van der Waals surface area contributed by atoms with Crippen LogP contribution in [-0.2, 0) is 4.74 Å². The summed E-state index contributed by atoms with van der Waals surface area (Å²) >= 11 is 0. The fourth-order valence-electron chi connectivity index (χ4n) is 1.53. The van der Waals surface area contributed by atoms with E-state index in [1.165, 1.54) is 11.1 Å². The summed E-state index contributed by atoms with van der Waals surface area (Å²) in [6, 6.07) is 8.53. The van der Waals surface area contributed by atoms with Gasteiger partial charge in [0.2, 0.25) is 0 Å². The zero-order valence-corrected chi connectivity index (χ0v) is 10.8. The summed E-state index contributed by atoms with van der Waals surface area (Å²) in [6.07, 6.45) is 6.49. The van der Waals surface area contributed by atoms with Crippen LogP contribution in [0.25, 0.3) is 6.08 Å². The van der Waals surface area contributed by atoms with Gasteiger partial charge in [0.05, 0.1) is 5.60 Å². The molecule has 0 saturated heterocycles. The molecule has 1 aromatic carbocycles. The van der Waals surface area contributed by atoms with Gasteiger partial charge >= 0.3 is 0 Å². The van der Waals surface area contributed by atoms with E-state index in [0.717, 1.165) is 12.8 Å². The first-order valence-corrected chi connectivity index (χ1v) is 5.82. The molecule has 0 amide bonds. The Labute approximate surface area is 99.1 Å². The van der Waals surface area contributed by atoms with E-state index in [9.17, 15) is 0 Å². The Morgan fingerprint density at radius 2 is 2.06 bits per heavy atom. The molecule has 0 unspecified atom stereocenters. The molecular weight excluding hydrogens is 196 g/mol. The summed E-state index contributed by atoms with van der Waals surface area (Å²) in [5.41, 5.74) is 2.56. The lowest BCUT2D eigenvalue weighted by atomic mass is 10.0. The Morgan fingerprint density at radius 1 is 1.31 bits per heavy atom. The highest BCUT2D eigenvalue weighted by Crippen LogP contribution is 2.16. The molecule has 0 aliphatic carbocycles. The Hall–Kier alpha value is -1.08. The summed E-state index contributed by atoms with van der Waals surface area (Å²) in [6.45, 7) is 6.35. The predicted octanol–water partition coefficient (Wildman–Crippen LogP) is 4.21. The minimum absolute atomic E-state index is 0.0169. The van der Waals surface area contributed by atoms with Crippen molar-refractivity contribution in [2.75, 3.05) is 7.11 Å². The third-order valence-corrected chi connectivity index (χ3v) is 2.82. The lowest BCUT2D eigenvalue weighted by Crippen LogP contribution is -2.21. The van der Waals surface area contributed by atoms with Crippen LogP contribution >= 0.6 is 0 Å². The minimum Gasteiger partial charge on any atom is -0.379 e. The molecule has 1 heteroatoms. The maximum absolute atomic E-state index is 5.38. The number of hydrogen-bond donors (Lipinski definition) is 0. The van der Waals surface area contributed by atoms with Crippen molar-refractivity contribution in [3.8, 4) is 0 Å². The van der Waals surface area contributed by atoms with Crippen molar-refractivity contribution >= 4 is 6.08 Å². The van der Waals surface area contributed by atoms with Gasteiger partial charge in [-0.15, -0.1) is 0 Å². The minimum atomic E-state index is -0.0169. The number of rotatable bonds is 5. The molecule has 0 bridgehead atoms. The zero-order valence-electron chi connectivity index (χ0n) is 10.8. The molecule has 88 valence electrons. The van der Waals surface area contributed by atoms with Crippen LogP contribution in [-0.4, -0.2) is 12.7 Å². The highest BCUT2D eigenvalue weighted by atomic mass is 16.5. The van der Waals surface area contributed by atoms with Crippen molar-refractivity contribution < 1.29 is 4.74 Å². The molecule has 0 heterocycles. The highest BCUT2D eigenvalue weighted by Gasteiger charge is 2.13. The van der Waals surface area contributed by atoms with E-state index in [4.69, 9.17) is 4.74 Å². The van der Waals surface area contributed by atoms with E-state index in [1.54, 1.807) is 7.11 Å². The van der Waals surface area contributed by atoms with Crippen molar-refractivity contribution in [2.24, 2.45) is 0 Å². The fourth-order valence-corrected chi connectivity index (χ4v) is 1.53. The van der Waals surface area contributed by atoms with Crippen LogP contribution in [0.4, 0.5) is 0 Å². The normalized spacial score (nSPS) is 12.2. The largest absolute Gasteiger partial charge is 0.379 e. The van der Waals surface area contributed by atoms with Gasteiger partial charge in [-0.3, -0.25) is 0 Å². The first-order valence-electron chi connectivity index (χ1n) is 5.82. The monoisotopic (exact) mass is 218 g/mol. The fraction of sp³-hybridized carbons (Fsp3) is 0.467. The van der Waals surface area contributed by atoms with Crippen LogP contribution in [0.15, 0.2) is 30.3 Å². The summed E-state index contributed by atoms with van der Waals surface area (Å²) < 4.78 is 5.38. The van der Waals surface area contributed by atoms with Crippen molar-refractivity contribution in [1.82, 2.24) is 0 Å². The molecule has 0 aromatic heterocycles. The van der Waals surface area contributed by atoms with Gasteiger partial charge in [0.25, 0.3) is 0 Å². The first-order chi connectivity index (χ1) is 7.53. The highest BCUT2D eigenvalue weighted by molar-refractivity contribution is 5.49. The Kier molecular flexibility index (Phi) is 4.75. The van der Waals surface area contributed by atoms with Crippen molar-refractivity contribution in [3.63, 3.8) is 0 Å². The number of allylic oxidation sites excluding steroid dienone is 1. The molecule has 0 spiro atoms. The van der Waals surface area contributed by atoms with Crippen molar-refractivity contribution in [1.29, 1.82) is 0 Å². The van der Waals surface area contributed by atoms with Crippen LogP contribution in [0.1, 0.15) is 37.8 Å². The number of hydrogen-bond acceptors (Lipinski definition) is 1.